The minimum absolute atomic E-state index is 0.189. The molecule has 9 heteroatoms. The van der Waals surface area contributed by atoms with Gasteiger partial charge in [0.15, 0.2) is 21.9 Å². The van der Waals surface area contributed by atoms with E-state index in [0.717, 1.165) is 11.1 Å². The van der Waals surface area contributed by atoms with Crippen LogP contribution in [0.25, 0.3) is 0 Å². The van der Waals surface area contributed by atoms with Crippen molar-refractivity contribution in [1.29, 1.82) is 0 Å². The summed E-state index contributed by atoms with van der Waals surface area (Å²) >= 11 is 3.26. The number of ether oxygens (including phenoxy) is 4. The quantitative estimate of drug-likeness (QED) is 0.367. The summed E-state index contributed by atoms with van der Waals surface area (Å²) in [5, 5.41) is 0. The average molecular weight is 544 g/mol. The van der Waals surface area contributed by atoms with Gasteiger partial charge in [0.25, 0.3) is 5.91 Å². The van der Waals surface area contributed by atoms with Crippen LogP contribution in [0, 0.1) is 0 Å². The minimum Gasteiger partial charge on any atom is -0.493 e. The van der Waals surface area contributed by atoms with Gasteiger partial charge in [0.2, 0.25) is 0 Å². The van der Waals surface area contributed by atoms with E-state index in [4.69, 9.17) is 23.4 Å². The van der Waals surface area contributed by atoms with Crippen molar-refractivity contribution in [2.24, 2.45) is 0 Å². The average Bonchev–Trinajstić information content (AvgIpc) is 3.32. The Morgan fingerprint density at radius 3 is 2.40 bits per heavy atom. The van der Waals surface area contributed by atoms with Crippen molar-refractivity contribution in [2.45, 2.75) is 19.4 Å². The molecule has 0 saturated heterocycles. The van der Waals surface area contributed by atoms with Crippen molar-refractivity contribution < 1.29 is 33.0 Å². The molecule has 0 aliphatic carbocycles. The Bertz CT molecular complexity index is 1200. The molecule has 2 heterocycles. The van der Waals surface area contributed by atoms with Gasteiger partial charge in [-0.3, -0.25) is 4.79 Å². The van der Waals surface area contributed by atoms with Crippen LogP contribution < -0.4 is 14.2 Å². The lowest BCUT2D eigenvalue weighted by molar-refractivity contribution is 0.0523. The third kappa shape index (κ3) is 5.30. The van der Waals surface area contributed by atoms with Crippen molar-refractivity contribution in [3.05, 3.63) is 75.7 Å². The van der Waals surface area contributed by atoms with Gasteiger partial charge in [-0.2, -0.15) is 0 Å². The molecule has 1 atom stereocenters. The normalized spacial score (nSPS) is 14.7. The zero-order chi connectivity index (χ0) is 24.9. The van der Waals surface area contributed by atoms with E-state index < -0.39 is 6.04 Å². The smallest absolute Gasteiger partial charge is 0.338 e. The molecule has 0 spiro atoms. The van der Waals surface area contributed by atoms with Gasteiger partial charge in [0, 0.05) is 6.54 Å². The molecule has 1 amide bonds. The van der Waals surface area contributed by atoms with Crippen molar-refractivity contribution >= 4 is 27.8 Å². The molecule has 4 rings (SSSR count). The second kappa shape index (κ2) is 10.9. The Morgan fingerprint density at radius 2 is 1.77 bits per heavy atom. The molecule has 2 aromatic carbocycles. The standard InChI is InChI=1S/C26H26BrNO7/c1-4-33-26(30)16-5-7-18(8-6-16)34-15-20-19-14-23(32-3)22(31-2)13-17(19)11-12-28(20)25(29)21-9-10-24(27)35-21/h5-10,13-14,20H,4,11-12,15H2,1-3H3/t20-/m1/s1. The van der Waals surface area contributed by atoms with Crippen LogP contribution in [0.5, 0.6) is 17.2 Å². The zero-order valence-corrected chi connectivity index (χ0v) is 21.3. The maximum absolute atomic E-state index is 13.4. The fourth-order valence-corrected chi connectivity index (χ4v) is 4.41. The molecule has 35 heavy (non-hydrogen) atoms. The Balaban J connectivity index is 1.63. The topological polar surface area (TPSA) is 87.4 Å². The highest BCUT2D eigenvalue weighted by Crippen LogP contribution is 2.39. The molecule has 184 valence electrons. The first-order chi connectivity index (χ1) is 16.9. The van der Waals surface area contributed by atoms with Gasteiger partial charge >= 0.3 is 5.97 Å². The van der Waals surface area contributed by atoms with E-state index in [0.29, 0.717) is 47.1 Å². The lowest BCUT2D eigenvalue weighted by Gasteiger charge is -2.37. The van der Waals surface area contributed by atoms with Crippen LogP contribution >= 0.6 is 15.9 Å². The summed E-state index contributed by atoms with van der Waals surface area (Å²) < 4.78 is 28.1. The summed E-state index contributed by atoms with van der Waals surface area (Å²) in [6, 6.07) is 13.5. The molecule has 8 nitrogen and oxygen atoms in total. The van der Waals surface area contributed by atoms with Crippen LogP contribution in [-0.4, -0.2) is 50.8 Å². The lowest BCUT2D eigenvalue weighted by Crippen LogP contribution is -2.42. The number of benzene rings is 2. The van der Waals surface area contributed by atoms with Crippen molar-refractivity contribution in [3.63, 3.8) is 0 Å². The van der Waals surface area contributed by atoms with Gasteiger partial charge in [-0.25, -0.2) is 4.79 Å². The van der Waals surface area contributed by atoms with Crippen LogP contribution in [0.4, 0.5) is 0 Å². The number of furan rings is 1. The summed E-state index contributed by atoms with van der Waals surface area (Å²) in [6.07, 6.45) is 0.647. The van der Waals surface area contributed by atoms with Crippen LogP contribution in [0.1, 0.15) is 45.0 Å². The zero-order valence-electron chi connectivity index (χ0n) is 19.7. The molecule has 1 aliphatic heterocycles. The summed E-state index contributed by atoms with van der Waals surface area (Å²) in [4.78, 5) is 27.0. The summed E-state index contributed by atoms with van der Waals surface area (Å²) in [5.41, 5.74) is 2.41. The van der Waals surface area contributed by atoms with Crippen molar-refractivity contribution in [1.82, 2.24) is 4.90 Å². The minimum atomic E-state index is -0.403. The summed E-state index contributed by atoms with van der Waals surface area (Å²) in [7, 11) is 3.17. The Kier molecular flexibility index (Phi) is 7.65. The fourth-order valence-electron chi connectivity index (χ4n) is 4.10. The van der Waals surface area contributed by atoms with Gasteiger partial charge in [0.05, 0.1) is 32.4 Å². The first kappa shape index (κ1) is 24.7. The molecular weight excluding hydrogens is 518 g/mol. The number of nitrogens with zero attached hydrogens (tertiary/aromatic N) is 1. The number of carbonyl (C=O) groups is 2. The third-order valence-electron chi connectivity index (χ3n) is 5.82. The van der Waals surface area contributed by atoms with Gasteiger partial charge < -0.3 is 28.3 Å². The molecule has 0 unspecified atom stereocenters. The number of amides is 1. The van der Waals surface area contributed by atoms with Crippen LogP contribution in [0.3, 0.4) is 0 Å². The van der Waals surface area contributed by atoms with E-state index in [1.807, 2.05) is 12.1 Å². The molecule has 1 aliphatic rings. The summed E-state index contributed by atoms with van der Waals surface area (Å²) in [6.45, 7) is 2.74. The predicted molar refractivity (Wildman–Crippen MR) is 131 cm³/mol. The fraction of sp³-hybridized carbons (Fsp3) is 0.308. The predicted octanol–water partition coefficient (Wildman–Crippen LogP) is 5.05. The maximum Gasteiger partial charge on any atom is 0.338 e. The summed E-state index contributed by atoms with van der Waals surface area (Å²) in [5.74, 6) is 1.40. The maximum atomic E-state index is 13.4. The molecular formula is C26H26BrNO7. The number of methoxy groups -OCH3 is 2. The van der Waals surface area contributed by atoms with E-state index in [1.54, 1.807) is 62.4 Å². The second-order valence-corrected chi connectivity index (χ2v) is 8.61. The van der Waals surface area contributed by atoms with E-state index in [2.05, 4.69) is 15.9 Å². The van der Waals surface area contributed by atoms with Crippen molar-refractivity contribution in [2.75, 3.05) is 34.0 Å². The molecule has 0 bridgehead atoms. The number of hydrogen-bond donors (Lipinski definition) is 0. The second-order valence-electron chi connectivity index (χ2n) is 7.83. The molecule has 0 fully saturated rings. The first-order valence-electron chi connectivity index (χ1n) is 11.2. The Labute approximate surface area is 211 Å². The van der Waals surface area contributed by atoms with E-state index in [-0.39, 0.29) is 24.2 Å². The van der Waals surface area contributed by atoms with Gasteiger partial charge in [-0.15, -0.1) is 0 Å². The van der Waals surface area contributed by atoms with Crippen LogP contribution in [-0.2, 0) is 11.2 Å². The number of fused-ring (bicyclic) bond motifs is 1. The number of carbonyl (C=O) groups excluding carboxylic acids is 2. The van der Waals surface area contributed by atoms with Gasteiger partial charge in [-0.05, 0) is 88.9 Å². The monoisotopic (exact) mass is 543 g/mol. The molecule has 0 saturated carbocycles. The van der Waals surface area contributed by atoms with Gasteiger partial charge in [-0.1, -0.05) is 0 Å². The van der Waals surface area contributed by atoms with Gasteiger partial charge in [0.1, 0.15) is 12.4 Å². The highest BCUT2D eigenvalue weighted by atomic mass is 79.9. The first-order valence-corrected chi connectivity index (χ1v) is 12.0. The SMILES string of the molecule is CCOC(=O)c1ccc(OC[C@@H]2c3cc(OC)c(OC)cc3CCN2C(=O)c2ccc(Br)o2)cc1. The van der Waals surface area contributed by atoms with E-state index in [9.17, 15) is 9.59 Å². The van der Waals surface area contributed by atoms with Crippen LogP contribution in [0.2, 0.25) is 0 Å². The third-order valence-corrected chi connectivity index (χ3v) is 6.25. The number of halogens is 1. The molecule has 0 N–H and O–H groups in total. The van der Waals surface area contributed by atoms with E-state index in [1.165, 1.54) is 0 Å². The van der Waals surface area contributed by atoms with E-state index >= 15 is 0 Å². The highest BCUT2D eigenvalue weighted by molar-refractivity contribution is 9.10. The largest absolute Gasteiger partial charge is 0.493 e. The number of esters is 1. The number of rotatable bonds is 8. The Hall–Kier alpha value is -3.46. The van der Waals surface area contributed by atoms with Crippen LogP contribution in [0.15, 0.2) is 57.6 Å². The molecule has 1 aromatic heterocycles. The lowest BCUT2D eigenvalue weighted by atomic mass is 9.92. The highest BCUT2D eigenvalue weighted by Gasteiger charge is 2.34. The number of hydrogen-bond acceptors (Lipinski definition) is 7. The molecule has 3 aromatic rings. The molecule has 0 radical (unpaired) electrons. The van der Waals surface area contributed by atoms with Crippen molar-refractivity contribution in [3.8, 4) is 17.2 Å². The Morgan fingerprint density at radius 1 is 1.06 bits per heavy atom.